The number of halogens is 3. The fourth-order valence-electron chi connectivity index (χ4n) is 1.89. The van der Waals surface area contributed by atoms with Crippen LogP contribution in [0.1, 0.15) is 21.5 Å². The Hall–Kier alpha value is -2.39. The molecule has 0 heterocycles. The van der Waals surface area contributed by atoms with Gasteiger partial charge in [0.2, 0.25) is 0 Å². The van der Waals surface area contributed by atoms with Crippen LogP contribution in [0.5, 0.6) is 0 Å². The number of amides is 1. The average Bonchev–Trinajstić information content (AvgIpc) is 2.52. The topological polar surface area (TPSA) is 75.3 Å². The van der Waals surface area contributed by atoms with Crippen molar-refractivity contribution in [2.24, 2.45) is 0 Å². The van der Waals surface area contributed by atoms with Gasteiger partial charge in [-0.05, 0) is 42.8 Å². The highest BCUT2D eigenvalue weighted by Crippen LogP contribution is 2.29. The van der Waals surface area contributed by atoms with Gasteiger partial charge in [0.15, 0.2) is 0 Å². The van der Waals surface area contributed by atoms with Crippen molar-refractivity contribution in [2.75, 3.05) is 0 Å². The minimum atomic E-state index is -4.56. The molecule has 24 heavy (non-hydrogen) atoms. The van der Waals surface area contributed by atoms with Crippen molar-refractivity contribution in [1.29, 1.82) is 0 Å². The van der Waals surface area contributed by atoms with Crippen molar-refractivity contribution in [3.63, 3.8) is 0 Å². The van der Waals surface area contributed by atoms with Gasteiger partial charge in [0, 0.05) is 5.56 Å². The van der Waals surface area contributed by atoms with Crippen LogP contribution in [0.15, 0.2) is 53.4 Å². The van der Waals surface area contributed by atoms with Crippen molar-refractivity contribution < 1.29 is 26.4 Å². The zero-order valence-corrected chi connectivity index (χ0v) is 13.2. The first-order valence-electron chi connectivity index (χ1n) is 6.66. The monoisotopic (exact) mass is 358 g/mol. The fraction of sp³-hybridized carbons (Fsp3) is 0.133. The molecule has 2 rings (SSSR count). The van der Waals surface area contributed by atoms with Gasteiger partial charge in [-0.1, -0.05) is 18.2 Å². The molecule has 0 radical (unpaired) electrons. The minimum Gasteiger partial charge on any atom is -0.273 e. The molecule has 9 heteroatoms. The van der Waals surface area contributed by atoms with E-state index in [1.54, 1.807) is 25.1 Å². The van der Waals surface area contributed by atoms with Crippen molar-refractivity contribution in [3.8, 4) is 0 Å². The van der Waals surface area contributed by atoms with E-state index in [1.165, 1.54) is 6.07 Å². The van der Waals surface area contributed by atoms with Crippen LogP contribution in [-0.2, 0) is 16.2 Å². The maximum atomic E-state index is 12.5. The van der Waals surface area contributed by atoms with Crippen LogP contribution >= 0.6 is 0 Å². The molecule has 1 amide bonds. The molecule has 2 aromatic rings. The molecular formula is C15H13F3N2O3S. The summed E-state index contributed by atoms with van der Waals surface area (Å²) in [7, 11) is -4.19. The van der Waals surface area contributed by atoms with E-state index in [-0.39, 0.29) is 5.56 Å². The zero-order valence-electron chi connectivity index (χ0n) is 12.4. The highest BCUT2D eigenvalue weighted by molar-refractivity contribution is 7.89. The Morgan fingerprint density at radius 2 is 1.58 bits per heavy atom. The van der Waals surface area contributed by atoms with E-state index in [1.807, 2.05) is 10.3 Å². The molecule has 0 unspecified atom stereocenters. The SMILES string of the molecule is Cc1ccccc1C(=O)NNS(=O)(=O)c1ccc(C(F)(F)F)cc1. The summed E-state index contributed by atoms with van der Waals surface area (Å²) < 4.78 is 61.4. The van der Waals surface area contributed by atoms with Gasteiger partial charge >= 0.3 is 6.18 Å². The molecule has 5 nitrogen and oxygen atoms in total. The molecule has 128 valence electrons. The van der Waals surface area contributed by atoms with E-state index in [2.05, 4.69) is 0 Å². The lowest BCUT2D eigenvalue weighted by Gasteiger charge is -2.11. The zero-order chi connectivity index (χ0) is 18.0. The smallest absolute Gasteiger partial charge is 0.273 e. The minimum absolute atomic E-state index is 0.271. The molecule has 0 aliphatic carbocycles. The summed E-state index contributed by atoms with van der Waals surface area (Å²) in [4.78, 5) is 13.4. The van der Waals surface area contributed by atoms with Crippen LogP contribution in [0.2, 0.25) is 0 Å². The first kappa shape index (κ1) is 18.0. The number of alkyl halides is 3. The van der Waals surface area contributed by atoms with Crippen LogP contribution in [-0.4, -0.2) is 14.3 Å². The Kier molecular flexibility index (Phi) is 4.95. The van der Waals surface area contributed by atoms with Crippen molar-refractivity contribution in [2.45, 2.75) is 18.0 Å². The van der Waals surface area contributed by atoms with Gasteiger partial charge in [0.05, 0.1) is 10.5 Å². The highest BCUT2D eigenvalue weighted by Gasteiger charge is 2.30. The first-order valence-corrected chi connectivity index (χ1v) is 8.14. The highest BCUT2D eigenvalue weighted by atomic mass is 32.2. The van der Waals surface area contributed by atoms with Gasteiger partial charge in [-0.3, -0.25) is 10.2 Å². The number of carbonyl (C=O) groups is 1. The second-order valence-corrected chi connectivity index (χ2v) is 6.58. The molecular weight excluding hydrogens is 345 g/mol. The Labute approximate surface area is 136 Å². The number of nitrogens with one attached hydrogen (secondary N) is 2. The number of aryl methyl sites for hydroxylation is 1. The van der Waals surface area contributed by atoms with E-state index in [4.69, 9.17) is 0 Å². The van der Waals surface area contributed by atoms with Gasteiger partial charge < -0.3 is 0 Å². The molecule has 0 atom stereocenters. The van der Waals surface area contributed by atoms with Crippen molar-refractivity contribution in [3.05, 3.63) is 65.2 Å². The Bertz CT molecular complexity index is 847. The fourth-order valence-corrected chi connectivity index (χ4v) is 2.73. The van der Waals surface area contributed by atoms with E-state index < -0.39 is 32.6 Å². The van der Waals surface area contributed by atoms with Crippen molar-refractivity contribution in [1.82, 2.24) is 10.3 Å². The predicted molar refractivity (Wildman–Crippen MR) is 80.4 cm³/mol. The number of hydrogen-bond donors (Lipinski definition) is 2. The number of hydrazine groups is 1. The molecule has 0 aliphatic heterocycles. The summed E-state index contributed by atoms with van der Waals surface area (Å²) in [5.74, 6) is -0.677. The quantitative estimate of drug-likeness (QED) is 0.825. The second kappa shape index (κ2) is 6.62. The molecule has 0 fully saturated rings. The lowest BCUT2D eigenvalue weighted by Crippen LogP contribution is -2.41. The van der Waals surface area contributed by atoms with Gasteiger partial charge in [-0.25, -0.2) is 8.42 Å². The Morgan fingerprint density at radius 1 is 1.00 bits per heavy atom. The predicted octanol–water partition coefficient (Wildman–Crippen LogP) is 2.64. The third kappa shape index (κ3) is 4.12. The normalized spacial score (nSPS) is 12.0. The lowest BCUT2D eigenvalue weighted by atomic mass is 10.1. The molecule has 0 aromatic heterocycles. The van der Waals surface area contributed by atoms with Crippen LogP contribution in [0.4, 0.5) is 13.2 Å². The van der Waals surface area contributed by atoms with Gasteiger partial charge in [-0.15, -0.1) is 4.83 Å². The van der Waals surface area contributed by atoms with E-state index in [9.17, 15) is 26.4 Å². The Morgan fingerprint density at radius 3 is 2.12 bits per heavy atom. The summed E-state index contributed by atoms with van der Waals surface area (Å²) in [6.45, 7) is 1.68. The first-order chi connectivity index (χ1) is 11.1. The third-order valence-electron chi connectivity index (χ3n) is 3.18. The summed E-state index contributed by atoms with van der Waals surface area (Å²) in [6, 6.07) is 9.45. The molecule has 0 bridgehead atoms. The van der Waals surface area contributed by atoms with E-state index in [0.717, 1.165) is 12.1 Å². The van der Waals surface area contributed by atoms with Gasteiger partial charge in [0.25, 0.3) is 15.9 Å². The standard InChI is InChI=1S/C15H13F3N2O3S/c1-10-4-2-3-5-13(10)14(21)19-20-24(22,23)12-8-6-11(7-9-12)15(16,17)18/h2-9,20H,1H3,(H,19,21). The second-order valence-electron chi connectivity index (χ2n) is 4.90. The third-order valence-corrected chi connectivity index (χ3v) is 4.44. The maximum Gasteiger partial charge on any atom is 0.416 e. The van der Waals surface area contributed by atoms with Crippen LogP contribution < -0.4 is 10.3 Å². The van der Waals surface area contributed by atoms with Gasteiger partial charge in [0.1, 0.15) is 0 Å². The lowest BCUT2D eigenvalue weighted by molar-refractivity contribution is -0.137. The van der Waals surface area contributed by atoms with E-state index >= 15 is 0 Å². The Balaban J connectivity index is 2.12. The molecule has 0 saturated carbocycles. The number of benzene rings is 2. The summed E-state index contributed by atoms with van der Waals surface area (Å²) in [5, 5.41) is 0. The van der Waals surface area contributed by atoms with Crippen LogP contribution in [0.3, 0.4) is 0 Å². The summed E-state index contributed by atoms with van der Waals surface area (Å²) in [5.41, 5.74) is 1.97. The largest absolute Gasteiger partial charge is 0.416 e. The molecule has 2 aromatic carbocycles. The van der Waals surface area contributed by atoms with Gasteiger partial charge in [-0.2, -0.15) is 13.2 Å². The van der Waals surface area contributed by atoms with Crippen LogP contribution in [0.25, 0.3) is 0 Å². The van der Waals surface area contributed by atoms with E-state index in [0.29, 0.717) is 17.7 Å². The number of rotatable bonds is 4. The molecule has 2 N–H and O–H groups in total. The number of sulfonamides is 1. The molecule has 0 spiro atoms. The number of carbonyl (C=O) groups excluding carboxylic acids is 1. The van der Waals surface area contributed by atoms with Crippen LogP contribution in [0, 0.1) is 6.92 Å². The summed E-state index contributed by atoms with van der Waals surface area (Å²) in [6.07, 6.45) is -4.56. The van der Waals surface area contributed by atoms with Crippen molar-refractivity contribution >= 4 is 15.9 Å². The summed E-state index contributed by atoms with van der Waals surface area (Å²) >= 11 is 0. The molecule has 0 aliphatic rings. The number of hydrogen-bond acceptors (Lipinski definition) is 3. The molecule has 0 saturated heterocycles. The maximum absolute atomic E-state index is 12.5. The average molecular weight is 358 g/mol.